The van der Waals surface area contributed by atoms with Crippen molar-refractivity contribution in [2.45, 2.75) is 11.5 Å². The van der Waals surface area contributed by atoms with Gasteiger partial charge < -0.3 is 9.63 Å². The van der Waals surface area contributed by atoms with Crippen molar-refractivity contribution in [2.24, 2.45) is 0 Å². The molecule has 0 aliphatic rings. The molecule has 0 amide bonds. The summed E-state index contributed by atoms with van der Waals surface area (Å²) >= 11 is 5.72. The second-order valence-electron chi connectivity index (χ2n) is 4.59. The predicted molar refractivity (Wildman–Crippen MR) is 78.8 cm³/mol. The van der Waals surface area contributed by atoms with Crippen LogP contribution in [0.15, 0.2) is 65.2 Å². The quantitative estimate of drug-likeness (QED) is 0.752. The molecule has 0 unspecified atom stereocenters. The van der Waals surface area contributed by atoms with Crippen molar-refractivity contribution in [3.8, 4) is 0 Å². The molecular formula is C16H13ClN2O2. The van der Waals surface area contributed by atoms with Gasteiger partial charge in [-0.1, -0.05) is 65.8 Å². The second-order valence-corrected chi connectivity index (χ2v) is 4.86. The molecule has 0 saturated carbocycles. The molecule has 1 N–H and O–H groups in total. The molecule has 0 radical (unpaired) electrons. The van der Waals surface area contributed by atoms with Gasteiger partial charge in [-0.25, -0.2) is 0 Å². The highest BCUT2D eigenvalue weighted by Crippen LogP contribution is 2.35. The SMILES string of the molecule is OC(c1ccccc1)(c1ccccc1)c1nc(CCl)no1. The Bertz CT molecular complexity index is 674. The van der Waals surface area contributed by atoms with Crippen molar-refractivity contribution in [3.63, 3.8) is 0 Å². The average Bonchev–Trinajstić information content (AvgIpc) is 3.05. The lowest BCUT2D eigenvalue weighted by molar-refractivity contribution is 0.0850. The van der Waals surface area contributed by atoms with Gasteiger partial charge in [0.15, 0.2) is 11.4 Å². The molecule has 5 heteroatoms. The molecule has 106 valence electrons. The number of halogens is 1. The molecule has 0 atom stereocenters. The Morgan fingerprint density at radius 1 is 0.952 bits per heavy atom. The maximum Gasteiger partial charge on any atom is 0.268 e. The Balaban J connectivity index is 2.20. The summed E-state index contributed by atoms with van der Waals surface area (Å²) < 4.78 is 5.23. The Morgan fingerprint density at radius 3 is 1.90 bits per heavy atom. The fraction of sp³-hybridized carbons (Fsp3) is 0.125. The standard InChI is InChI=1S/C16H13ClN2O2/c17-11-14-18-15(21-19-14)16(20,12-7-3-1-4-8-12)13-9-5-2-6-10-13/h1-10,20H,11H2. The fourth-order valence-electron chi connectivity index (χ4n) is 2.23. The van der Waals surface area contributed by atoms with Crippen molar-refractivity contribution in [3.05, 3.63) is 83.5 Å². The monoisotopic (exact) mass is 300 g/mol. The van der Waals surface area contributed by atoms with Crippen LogP contribution >= 0.6 is 11.6 Å². The van der Waals surface area contributed by atoms with Crippen LogP contribution in [-0.4, -0.2) is 15.2 Å². The maximum atomic E-state index is 11.3. The van der Waals surface area contributed by atoms with E-state index in [0.717, 1.165) is 0 Å². The van der Waals surface area contributed by atoms with Gasteiger partial charge in [0.25, 0.3) is 5.89 Å². The van der Waals surface area contributed by atoms with Crippen LogP contribution < -0.4 is 0 Å². The maximum absolute atomic E-state index is 11.3. The number of hydrogen-bond donors (Lipinski definition) is 1. The summed E-state index contributed by atoms with van der Waals surface area (Å²) in [7, 11) is 0. The lowest BCUT2D eigenvalue weighted by atomic mass is 9.86. The Labute approximate surface area is 127 Å². The summed E-state index contributed by atoms with van der Waals surface area (Å²) in [6, 6.07) is 18.4. The Hall–Kier alpha value is -2.17. The fourth-order valence-corrected chi connectivity index (χ4v) is 2.34. The van der Waals surface area contributed by atoms with Crippen LogP contribution in [0, 0.1) is 0 Å². The van der Waals surface area contributed by atoms with Gasteiger partial charge in [0, 0.05) is 0 Å². The molecular weight excluding hydrogens is 288 g/mol. The van der Waals surface area contributed by atoms with Crippen LogP contribution in [0.1, 0.15) is 22.8 Å². The molecule has 3 aromatic rings. The van der Waals surface area contributed by atoms with E-state index >= 15 is 0 Å². The van der Waals surface area contributed by atoms with Crippen molar-refractivity contribution >= 4 is 11.6 Å². The van der Waals surface area contributed by atoms with Gasteiger partial charge in [0.05, 0.1) is 5.88 Å². The number of rotatable bonds is 4. The third kappa shape index (κ3) is 2.44. The zero-order valence-electron chi connectivity index (χ0n) is 11.1. The van der Waals surface area contributed by atoms with E-state index in [4.69, 9.17) is 16.1 Å². The molecule has 2 aromatic carbocycles. The minimum atomic E-state index is -1.50. The zero-order chi connectivity index (χ0) is 14.7. The van der Waals surface area contributed by atoms with E-state index in [2.05, 4.69) is 10.1 Å². The summed E-state index contributed by atoms with van der Waals surface area (Å²) in [6.45, 7) is 0. The first-order valence-corrected chi connectivity index (χ1v) is 7.01. The number of nitrogens with zero attached hydrogens (tertiary/aromatic N) is 2. The summed E-state index contributed by atoms with van der Waals surface area (Å²) in [4.78, 5) is 4.19. The summed E-state index contributed by atoms with van der Waals surface area (Å²) in [5, 5.41) is 15.1. The molecule has 0 spiro atoms. The third-order valence-electron chi connectivity index (χ3n) is 3.28. The van der Waals surface area contributed by atoms with E-state index in [1.54, 1.807) is 0 Å². The minimum Gasteiger partial charge on any atom is -0.372 e. The van der Waals surface area contributed by atoms with Crippen molar-refractivity contribution in [2.75, 3.05) is 0 Å². The topological polar surface area (TPSA) is 59.2 Å². The van der Waals surface area contributed by atoms with Crippen molar-refractivity contribution < 1.29 is 9.63 Å². The first-order chi connectivity index (χ1) is 10.2. The van der Waals surface area contributed by atoms with Gasteiger partial charge in [-0.2, -0.15) is 4.98 Å². The first-order valence-electron chi connectivity index (χ1n) is 6.47. The largest absolute Gasteiger partial charge is 0.372 e. The van der Waals surface area contributed by atoms with Gasteiger partial charge in [-0.05, 0) is 11.1 Å². The smallest absolute Gasteiger partial charge is 0.268 e. The first kappa shape index (κ1) is 13.8. The normalized spacial score (nSPS) is 11.5. The van der Waals surface area contributed by atoms with Crippen LogP contribution in [0.4, 0.5) is 0 Å². The van der Waals surface area contributed by atoms with Crippen LogP contribution in [0.25, 0.3) is 0 Å². The second kappa shape index (κ2) is 5.68. The number of benzene rings is 2. The van der Waals surface area contributed by atoms with Gasteiger partial charge >= 0.3 is 0 Å². The molecule has 0 bridgehead atoms. The lowest BCUT2D eigenvalue weighted by Gasteiger charge is -2.25. The predicted octanol–water partition coefficient (Wildman–Crippen LogP) is 3.09. The average molecular weight is 301 g/mol. The highest BCUT2D eigenvalue weighted by molar-refractivity contribution is 6.16. The van der Waals surface area contributed by atoms with Gasteiger partial charge in [-0.3, -0.25) is 0 Å². The number of hydrogen-bond acceptors (Lipinski definition) is 4. The molecule has 0 fully saturated rings. The summed E-state index contributed by atoms with van der Waals surface area (Å²) in [6.07, 6.45) is 0. The number of alkyl halides is 1. The highest BCUT2D eigenvalue weighted by Gasteiger charge is 2.39. The van der Waals surface area contributed by atoms with Crippen LogP contribution in [0.2, 0.25) is 0 Å². The van der Waals surface area contributed by atoms with E-state index in [1.165, 1.54) is 0 Å². The molecule has 0 aliphatic carbocycles. The molecule has 3 rings (SSSR count). The number of aliphatic hydroxyl groups is 1. The van der Waals surface area contributed by atoms with Crippen molar-refractivity contribution in [1.29, 1.82) is 0 Å². The summed E-state index contributed by atoms with van der Waals surface area (Å²) in [5.74, 6) is 0.580. The highest BCUT2D eigenvalue weighted by atomic mass is 35.5. The molecule has 4 nitrogen and oxygen atoms in total. The van der Waals surface area contributed by atoms with Gasteiger partial charge in [-0.15, -0.1) is 11.6 Å². The van der Waals surface area contributed by atoms with Crippen LogP contribution in [0.5, 0.6) is 0 Å². The van der Waals surface area contributed by atoms with E-state index in [-0.39, 0.29) is 11.8 Å². The molecule has 0 aliphatic heterocycles. The summed E-state index contributed by atoms with van der Waals surface area (Å²) in [5.41, 5.74) is -0.193. The third-order valence-corrected chi connectivity index (χ3v) is 3.52. The molecule has 1 aromatic heterocycles. The van der Waals surface area contributed by atoms with E-state index < -0.39 is 5.60 Å². The van der Waals surface area contributed by atoms with E-state index in [9.17, 15) is 5.11 Å². The molecule has 1 heterocycles. The van der Waals surface area contributed by atoms with Gasteiger partial charge in [0.1, 0.15) is 0 Å². The van der Waals surface area contributed by atoms with Crippen LogP contribution in [-0.2, 0) is 11.5 Å². The Morgan fingerprint density at radius 2 is 1.48 bits per heavy atom. The Kier molecular flexibility index (Phi) is 3.73. The molecule has 0 saturated heterocycles. The lowest BCUT2D eigenvalue weighted by Crippen LogP contribution is -2.29. The van der Waals surface area contributed by atoms with Crippen LogP contribution in [0.3, 0.4) is 0 Å². The zero-order valence-corrected chi connectivity index (χ0v) is 11.9. The minimum absolute atomic E-state index is 0.107. The van der Waals surface area contributed by atoms with E-state index in [0.29, 0.717) is 17.0 Å². The van der Waals surface area contributed by atoms with Gasteiger partial charge in [0.2, 0.25) is 0 Å². The molecule has 21 heavy (non-hydrogen) atoms. The van der Waals surface area contributed by atoms with Crippen molar-refractivity contribution in [1.82, 2.24) is 10.1 Å². The number of aromatic nitrogens is 2. The van der Waals surface area contributed by atoms with E-state index in [1.807, 2.05) is 60.7 Å².